The first-order valence-electron chi connectivity index (χ1n) is 13.0. The summed E-state index contributed by atoms with van der Waals surface area (Å²) in [5, 5.41) is 9.51. The van der Waals surface area contributed by atoms with Crippen molar-refractivity contribution in [3.05, 3.63) is 96.1 Å². The van der Waals surface area contributed by atoms with Crippen LogP contribution in [0.3, 0.4) is 0 Å². The van der Waals surface area contributed by atoms with Gasteiger partial charge in [-0.05, 0) is 56.1 Å². The molecule has 0 unspecified atom stereocenters. The van der Waals surface area contributed by atoms with Crippen molar-refractivity contribution < 1.29 is 14.6 Å². The van der Waals surface area contributed by atoms with Crippen molar-refractivity contribution in [1.82, 2.24) is 0 Å². The highest BCUT2D eigenvalue weighted by Gasteiger charge is 2.18. The quantitative estimate of drug-likeness (QED) is 0.147. The number of rotatable bonds is 17. The van der Waals surface area contributed by atoms with Crippen molar-refractivity contribution in [2.75, 3.05) is 0 Å². The summed E-state index contributed by atoms with van der Waals surface area (Å²) in [6.07, 6.45) is 19.0. The predicted molar refractivity (Wildman–Crippen MR) is 142 cm³/mol. The molecule has 0 aromatic heterocycles. The lowest BCUT2D eigenvalue weighted by molar-refractivity contribution is -0.147. The molecule has 184 valence electrons. The van der Waals surface area contributed by atoms with Crippen LogP contribution >= 0.6 is 0 Å². The Morgan fingerprint density at radius 2 is 1.35 bits per heavy atom. The van der Waals surface area contributed by atoms with Gasteiger partial charge < -0.3 is 9.84 Å². The van der Waals surface area contributed by atoms with E-state index in [0.717, 1.165) is 62.5 Å². The number of hydrogen-bond donors (Lipinski definition) is 1. The third kappa shape index (κ3) is 12.0. The van der Waals surface area contributed by atoms with E-state index in [0.29, 0.717) is 6.42 Å². The third-order valence-electron chi connectivity index (χ3n) is 5.95. The van der Waals surface area contributed by atoms with Crippen LogP contribution in [0.15, 0.2) is 85.0 Å². The predicted octanol–water partition coefficient (Wildman–Crippen LogP) is 8.10. The molecule has 0 radical (unpaired) electrons. The minimum absolute atomic E-state index is 0.127. The summed E-state index contributed by atoms with van der Waals surface area (Å²) in [5.74, 6) is -0.127. The van der Waals surface area contributed by atoms with Crippen LogP contribution in [0, 0.1) is 0 Å². The maximum atomic E-state index is 12.5. The van der Waals surface area contributed by atoms with Gasteiger partial charge in [0.25, 0.3) is 0 Å². The van der Waals surface area contributed by atoms with Gasteiger partial charge in [-0.1, -0.05) is 111 Å². The Bertz CT molecular complexity index is 787. The van der Waals surface area contributed by atoms with E-state index in [4.69, 9.17) is 4.74 Å². The fraction of sp³-hybridized carbons (Fsp3) is 0.452. The Balaban J connectivity index is 1.55. The molecule has 0 aliphatic rings. The van der Waals surface area contributed by atoms with Crippen molar-refractivity contribution in [2.45, 2.75) is 89.8 Å². The molecular weight excluding hydrogens is 420 g/mol. The molecule has 1 N–H and O–H groups in total. The summed E-state index contributed by atoms with van der Waals surface area (Å²) in [6, 6.07) is 19.9. The topological polar surface area (TPSA) is 46.5 Å². The van der Waals surface area contributed by atoms with Gasteiger partial charge >= 0.3 is 5.97 Å². The van der Waals surface area contributed by atoms with Crippen LogP contribution in [-0.4, -0.2) is 17.2 Å². The minimum Gasteiger partial charge on any atom is -0.453 e. The van der Waals surface area contributed by atoms with E-state index in [1.165, 1.54) is 12.8 Å². The van der Waals surface area contributed by atoms with Gasteiger partial charge in [0, 0.05) is 6.42 Å². The summed E-state index contributed by atoms with van der Waals surface area (Å²) < 4.78 is 5.88. The number of aliphatic hydroxyl groups excluding tert-OH is 1. The molecule has 2 aromatic rings. The van der Waals surface area contributed by atoms with E-state index in [1.807, 2.05) is 67.6 Å². The Kier molecular flexibility index (Phi) is 14.4. The van der Waals surface area contributed by atoms with Gasteiger partial charge in [0.1, 0.15) is 0 Å². The minimum atomic E-state index is -0.348. The molecule has 0 aliphatic heterocycles. The highest BCUT2D eigenvalue weighted by atomic mass is 16.5. The van der Waals surface area contributed by atoms with E-state index in [2.05, 4.69) is 24.3 Å². The highest BCUT2D eigenvalue weighted by molar-refractivity contribution is 5.70. The second-order valence-electron chi connectivity index (χ2n) is 8.82. The summed E-state index contributed by atoms with van der Waals surface area (Å²) in [4.78, 5) is 12.5. The van der Waals surface area contributed by atoms with Gasteiger partial charge in [0.2, 0.25) is 0 Å². The van der Waals surface area contributed by atoms with E-state index in [-0.39, 0.29) is 18.2 Å². The molecular formula is C31H42O3. The molecule has 3 nitrogen and oxygen atoms in total. The molecule has 0 saturated carbocycles. The summed E-state index contributed by atoms with van der Waals surface area (Å²) in [7, 11) is 0. The number of unbranched alkanes of at least 4 members (excludes halogenated alkanes) is 5. The highest BCUT2D eigenvalue weighted by Crippen LogP contribution is 2.26. The number of aliphatic hydroxyl groups is 1. The number of benzene rings is 2. The Hall–Kier alpha value is -2.65. The first kappa shape index (κ1) is 27.6. The molecule has 0 aliphatic carbocycles. The summed E-state index contributed by atoms with van der Waals surface area (Å²) in [6.45, 7) is 2.01. The third-order valence-corrected chi connectivity index (χ3v) is 5.95. The van der Waals surface area contributed by atoms with Crippen LogP contribution in [0.2, 0.25) is 0 Å². The lowest BCUT2D eigenvalue weighted by Gasteiger charge is -2.19. The van der Waals surface area contributed by atoms with Gasteiger partial charge in [0.15, 0.2) is 6.10 Å². The maximum absolute atomic E-state index is 12.5. The average Bonchev–Trinajstić information content (AvgIpc) is 2.88. The Labute approximate surface area is 206 Å². The number of esters is 1. The van der Waals surface area contributed by atoms with Crippen LogP contribution in [0.25, 0.3) is 0 Å². The molecule has 0 heterocycles. The van der Waals surface area contributed by atoms with Crippen LogP contribution in [0.5, 0.6) is 0 Å². The van der Waals surface area contributed by atoms with Gasteiger partial charge in [-0.3, -0.25) is 4.79 Å². The molecule has 1 atom stereocenters. The van der Waals surface area contributed by atoms with Crippen LogP contribution in [0.4, 0.5) is 0 Å². The van der Waals surface area contributed by atoms with Crippen LogP contribution < -0.4 is 0 Å². The van der Waals surface area contributed by atoms with Gasteiger partial charge in [-0.2, -0.15) is 0 Å². The van der Waals surface area contributed by atoms with E-state index < -0.39 is 0 Å². The van der Waals surface area contributed by atoms with Crippen molar-refractivity contribution >= 4 is 5.97 Å². The average molecular weight is 463 g/mol. The number of hydrogen-bond acceptors (Lipinski definition) is 3. The van der Waals surface area contributed by atoms with E-state index in [9.17, 15) is 9.90 Å². The zero-order chi connectivity index (χ0) is 24.3. The van der Waals surface area contributed by atoms with Crippen LogP contribution in [-0.2, 0) is 9.53 Å². The van der Waals surface area contributed by atoms with Gasteiger partial charge in [0.05, 0.1) is 6.10 Å². The molecule has 0 saturated heterocycles. The number of carbonyl (C=O) groups is 1. The van der Waals surface area contributed by atoms with Gasteiger partial charge in [-0.25, -0.2) is 0 Å². The second-order valence-corrected chi connectivity index (χ2v) is 8.82. The van der Waals surface area contributed by atoms with Crippen molar-refractivity contribution in [1.29, 1.82) is 0 Å². The first-order chi connectivity index (χ1) is 16.7. The normalized spacial score (nSPS) is 12.6. The van der Waals surface area contributed by atoms with Crippen molar-refractivity contribution in [2.24, 2.45) is 0 Å². The number of carbonyl (C=O) groups excluding carboxylic acids is 1. The lowest BCUT2D eigenvalue weighted by Crippen LogP contribution is -2.12. The largest absolute Gasteiger partial charge is 0.453 e. The molecule has 3 heteroatoms. The zero-order valence-electron chi connectivity index (χ0n) is 20.8. The van der Waals surface area contributed by atoms with Crippen LogP contribution in [0.1, 0.15) is 94.8 Å². The number of allylic oxidation sites excluding steroid dienone is 4. The van der Waals surface area contributed by atoms with Crippen molar-refractivity contribution in [3.63, 3.8) is 0 Å². The maximum Gasteiger partial charge on any atom is 0.306 e. The molecule has 0 amide bonds. The Morgan fingerprint density at radius 1 is 0.794 bits per heavy atom. The second kappa shape index (κ2) is 17.8. The smallest absolute Gasteiger partial charge is 0.306 e. The first-order valence-corrected chi connectivity index (χ1v) is 13.0. The lowest BCUT2D eigenvalue weighted by atomic mass is 10.0. The summed E-state index contributed by atoms with van der Waals surface area (Å²) >= 11 is 0. The molecule has 34 heavy (non-hydrogen) atoms. The monoisotopic (exact) mass is 462 g/mol. The molecule has 0 fully saturated rings. The van der Waals surface area contributed by atoms with Gasteiger partial charge in [-0.15, -0.1) is 0 Å². The summed E-state index contributed by atoms with van der Waals surface area (Å²) in [5.41, 5.74) is 2.00. The number of ether oxygens (including phenoxy) is 1. The molecule has 0 bridgehead atoms. The molecule has 2 rings (SSSR count). The molecule has 0 spiro atoms. The van der Waals surface area contributed by atoms with E-state index in [1.54, 1.807) is 0 Å². The fourth-order valence-corrected chi connectivity index (χ4v) is 3.84. The Morgan fingerprint density at radius 3 is 1.97 bits per heavy atom. The SMILES string of the molecule is CC[C@@H](O)CC/C=C\C/C=C\CCCCCCCC(=O)OC(c1ccccc1)c1ccccc1. The fourth-order valence-electron chi connectivity index (χ4n) is 3.84. The molecule has 2 aromatic carbocycles. The standard InChI is InChI=1S/C31H42O3/c1-2-29(32)25-19-11-9-7-5-3-4-6-8-10-12-20-26-30(33)34-31(27-21-15-13-16-22-27)28-23-17-14-18-24-28/h3,5,9,11,13-18,21-24,29,31-32H,2,4,6-8,10,12,19-20,25-26H2,1H3/b5-3-,11-9-/t29-/m1/s1. The zero-order valence-corrected chi connectivity index (χ0v) is 20.8. The van der Waals surface area contributed by atoms with E-state index >= 15 is 0 Å². The van der Waals surface area contributed by atoms with Crippen molar-refractivity contribution in [3.8, 4) is 0 Å².